The lowest BCUT2D eigenvalue weighted by Crippen LogP contribution is -2.17. The highest BCUT2D eigenvalue weighted by molar-refractivity contribution is 5.86. The van der Waals surface area contributed by atoms with E-state index in [9.17, 15) is 40.0 Å². The van der Waals surface area contributed by atoms with Gasteiger partial charge in [-0.05, 0) is 25.0 Å². The number of aromatic hydroxyl groups is 2. The van der Waals surface area contributed by atoms with Crippen molar-refractivity contribution in [1.29, 1.82) is 0 Å². The van der Waals surface area contributed by atoms with E-state index in [0.717, 1.165) is 48.8 Å². The third-order valence-electron chi connectivity index (χ3n) is 4.79. The third kappa shape index (κ3) is 9.17. The number of hydrogen-bond donors (Lipinski definition) is 4. The number of nitrogens with one attached hydrogen (secondary N) is 2. The topological polar surface area (TPSA) is 210 Å². The number of carbonyl (C=O) groups excluding carboxylic acids is 2. The Bertz CT molecular complexity index is 1090. The van der Waals surface area contributed by atoms with Crippen molar-refractivity contribution in [3.05, 3.63) is 67.8 Å². The summed E-state index contributed by atoms with van der Waals surface area (Å²) in [5.74, 6) is -1.16. The standard InChI is InChI=1S/C22H24N6O8/c29-19-9-7-17(27(33)34)11-15(19)13-23-25-21(31)5-3-1-2-4-6-22(32)26-24-14-16-12-18(28(35)36)8-10-20(16)30/h7-14,29-30H,1-6H2,(H,25,31)(H,26,32). The molecule has 0 fully saturated rings. The maximum absolute atomic E-state index is 11.8. The van der Waals surface area contributed by atoms with Gasteiger partial charge in [-0.3, -0.25) is 29.8 Å². The molecule has 0 aliphatic heterocycles. The average Bonchev–Trinajstić information content (AvgIpc) is 2.83. The van der Waals surface area contributed by atoms with E-state index in [1.54, 1.807) is 0 Å². The first-order valence-corrected chi connectivity index (χ1v) is 10.8. The van der Waals surface area contributed by atoms with Crippen molar-refractivity contribution in [1.82, 2.24) is 10.9 Å². The number of nitrogens with zero attached hydrogens (tertiary/aromatic N) is 4. The second-order valence-corrected chi connectivity index (χ2v) is 7.50. The highest BCUT2D eigenvalue weighted by Crippen LogP contribution is 2.22. The third-order valence-corrected chi connectivity index (χ3v) is 4.79. The van der Waals surface area contributed by atoms with Crippen molar-refractivity contribution in [2.75, 3.05) is 0 Å². The smallest absolute Gasteiger partial charge is 0.270 e. The minimum absolute atomic E-state index is 0.0917. The zero-order valence-electron chi connectivity index (χ0n) is 19.0. The van der Waals surface area contributed by atoms with Crippen molar-refractivity contribution >= 4 is 35.6 Å². The van der Waals surface area contributed by atoms with E-state index in [1.807, 2.05) is 0 Å². The van der Waals surface area contributed by atoms with Crippen LogP contribution in [0.4, 0.5) is 11.4 Å². The van der Waals surface area contributed by atoms with Crippen LogP contribution in [0.2, 0.25) is 0 Å². The molecule has 36 heavy (non-hydrogen) atoms. The van der Waals surface area contributed by atoms with Gasteiger partial charge in [0, 0.05) is 48.2 Å². The van der Waals surface area contributed by atoms with Crippen LogP contribution >= 0.6 is 0 Å². The summed E-state index contributed by atoms with van der Waals surface area (Å²) in [4.78, 5) is 44.0. The number of unbranched alkanes of at least 4 members (excludes halogenated alkanes) is 3. The number of phenols is 2. The number of amides is 2. The molecule has 0 atom stereocenters. The summed E-state index contributed by atoms with van der Waals surface area (Å²) in [7, 11) is 0. The molecule has 0 unspecified atom stereocenters. The summed E-state index contributed by atoms with van der Waals surface area (Å²) >= 11 is 0. The fourth-order valence-corrected chi connectivity index (χ4v) is 2.90. The minimum Gasteiger partial charge on any atom is -0.507 e. The zero-order chi connectivity index (χ0) is 26.5. The van der Waals surface area contributed by atoms with Crippen molar-refractivity contribution < 1.29 is 29.6 Å². The average molecular weight is 500 g/mol. The van der Waals surface area contributed by atoms with Crippen molar-refractivity contribution in [3.63, 3.8) is 0 Å². The maximum atomic E-state index is 11.8. The first-order chi connectivity index (χ1) is 17.2. The van der Waals surface area contributed by atoms with Crippen LogP contribution in [0.15, 0.2) is 46.6 Å². The van der Waals surface area contributed by atoms with Crippen molar-refractivity contribution in [3.8, 4) is 11.5 Å². The molecule has 0 spiro atoms. The summed E-state index contributed by atoms with van der Waals surface area (Å²) in [6.07, 6.45) is 5.05. The van der Waals surface area contributed by atoms with E-state index in [2.05, 4.69) is 21.1 Å². The normalized spacial score (nSPS) is 11.0. The second kappa shape index (κ2) is 13.7. The van der Waals surface area contributed by atoms with Gasteiger partial charge in [0.25, 0.3) is 11.4 Å². The van der Waals surface area contributed by atoms with E-state index in [-0.39, 0.29) is 58.7 Å². The molecule has 0 bridgehead atoms. The second-order valence-electron chi connectivity index (χ2n) is 7.50. The Morgan fingerprint density at radius 1 is 0.750 bits per heavy atom. The maximum Gasteiger partial charge on any atom is 0.270 e. The minimum atomic E-state index is -0.613. The molecule has 4 N–H and O–H groups in total. The Labute approximate surface area is 204 Å². The molecule has 14 heteroatoms. The number of benzene rings is 2. The number of rotatable bonds is 13. The molecule has 2 aromatic carbocycles. The largest absolute Gasteiger partial charge is 0.507 e. The molecule has 2 rings (SSSR count). The summed E-state index contributed by atoms with van der Waals surface area (Å²) in [5.41, 5.74) is 4.31. The molecule has 0 saturated carbocycles. The zero-order valence-corrected chi connectivity index (χ0v) is 19.0. The Balaban J connectivity index is 1.62. The predicted octanol–water partition coefficient (Wildman–Crippen LogP) is 2.86. The summed E-state index contributed by atoms with van der Waals surface area (Å²) in [5, 5.41) is 48.3. The van der Waals surface area contributed by atoms with E-state index < -0.39 is 9.85 Å². The Hall–Kier alpha value is -4.88. The number of non-ortho nitro benzene ring substituents is 2. The number of hydrogen-bond acceptors (Lipinski definition) is 10. The molecule has 0 aliphatic rings. The number of nitro benzene ring substituents is 2. The lowest BCUT2D eigenvalue weighted by atomic mass is 10.1. The first kappa shape index (κ1) is 27.4. The molecule has 0 aromatic heterocycles. The number of carbonyl (C=O) groups is 2. The SMILES string of the molecule is O=C(CCCCCCC(=O)NN=Cc1cc([N+](=O)[O-])ccc1O)NN=Cc1cc([N+](=O)[O-])ccc1O. The van der Waals surface area contributed by atoms with Crippen LogP contribution in [0.1, 0.15) is 49.7 Å². The van der Waals surface area contributed by atoms with Gasteiger partial charge in [-0.15, -0.1) is 0 Å². The first-order valence-electron chi connectivity index (χ1n) is 10.8. The highest BCUT2D eigenvalue weighted by Gasteiger charge is 2.10. The van der Waals surface area contributed by atoms with Crippen LogP contribution in [-0.4, -0.2) is 44.3 Å². The van der Waals surface area contributed by atoms with Crippen molar-refractivity contribution in [2.24, 2.45) is 10.2 Å². The van der Waals surface area contributed by atoms with Gasteiger partial charge in [-0.25, -0.2) is 10.9 Å². The van der Waals surface area contributed by atoms with Crippen LogP contribution in [-0.2, 0) is 9.59 Å². The Morgan fingerprint density at radius 2 is 1.14 bits per heavy atom. The molecular weight excluding hydrogens is 476 g/mol. The monoisotopic (exact) mass is 500 g/mol. The van der Waals surface area contributed by atoms with E-state index >= 15 is 0 Å². The van der Waals surface area contributed by atoms with Gasteiger partial charge in [-0.2, -0.15) is 10.2 Å². The lowest BCUT2D eigenvalue weighted by Gasteiger charge is -2.02. The summed E-state index contributed by atoms with van der Waals surface area (Å²) in [6.45, 7) is 0. The van der Waals surface area contributed by atoms with Gasteiger partial charge in [0.05, 0.1) is 22.3 Å². The van der Waals surface area contributed by atoms with E-state index in [4.69, 9.17) is 0 Å². The fourth-order valence-electron chi connectivity index (χ4n) is 2.90. The lowest BCUT2D eigenvalue weighted by molar-refractivity contribution is -0.385. The highest BCUT2D eigenvalue weighted by atomic mass is 16.6. The van der Waals surface area contributed by atoms with Gasteiger partial charge >= 0.3 is 0 Å². The molecule has 190 valence electrons. The molecule has 0 saturated heterocycles. The number of hydrazone groups is 2. The van der Waals surface area contributed by atoms with Crippen LogP contribution < -0.4 is 10.9 Å². The molecule has 14 nitrogen and oxygen atoms in total. The van der Waals surface area contributed by atoms with Gasteiger partial charge in [0.2, 0.25) is 11.8 Å². The van der Waals surface area contributed by atoms with Gasteiger partial charge < -0.3 is 10.2 Å². The molecule has 0 aliphatic carbocycles. The Morgan fingerprint density at radius 3 is 1.50 bits per heavy atom. The van der Waals surface area contributed by atoms with E-state index in [1.165, 1.54) is 0 Å². The number of phenolic OH excluding ortho intramolecular Hbond substituents is 2. The molecular formula is C22H24N6O8. The van der Waals surface area contributed by atoms with Gasteiger partial charge in [0.15, 0.2) is 0 Å². The van der Waals surface area contributed by atoms with Crippen LogP contribution in [0, 0.1) is 20.2 Å². The number of nitro groups is 2. The van der Waals surface area contributed by atoms with Gasteiger partial charge in [-0.1, -0.05) is 12.8 Å². The summed E-state index contributed by atoms with van der Waals surface area (Å²) in [6, 6.07) is 6.88. The molecule has 2 aromatic rings. The molecule has 0 heterocycles. The quantitative estimate of drug-likeness (QED) is 0.139. The fraction of sp³-hybridized carbons (Fsp3) is 0.273. The molecule has 2 amide bonds. The summed E-state index contributed by atoms with van der Waals surface area (Å²) < 4.78 is 0. The van der Waals surface area contributed by atoms with Crippen LogP contribution in [0.3, 0.4) is 0 Å². The Kier molecular flexibility index (Phi) is 10.4. The van der Waals surface area contributed by atoms with Crippen LogP contribution in [0.5, 0.6) is 11.5 Å². The molecule has 0 radical (unpaired) electrons. The predicted molar refractivity (Wildman–Crippen MR) is 129 cm³/mol. The van der Waals surface area contributed by atoms with E-state index in [0.29, 0.717) is 25.7 Å². The van der Waals surface area contributed by atoms with Gasteiger partial charge in [0.1, 0.15) is 11.5 Å². The van der Waals surface area contributed by atoms with Crippen LogP contribution in [0.25, 0.3) is 0 Å². The van der Waals surface area contributed by atoms with Crippen molar-refractivity contribution in [2.45, 2.75) is 38.5 Å².